The van der Waals surface area contributed by atoms with Crippen molar-refractivity contribution >= 4 is 17.9 Å². The number of esters is 3. The zero-order valence-corrected chi connectivity index (χ0v) is 53.3. The average Bonchev–Trinajstić information content (AvgIpc) is 3.46. The van der Waals surface area contributed by atoms with E-state index in [0.717, 1.165) is 96.3 Å². The molecule has 0 aromatic rings. The van der Waals surface area contributed by atoms with Crippen molar-refractivity contribution in [2.75, 3.05) is 13.2 Å². The number of carbonyl (C=O) groups is 3. The van der Waals surface area contributed by atoms with Crippen molar-refractivity contribution in [1.29, 1.82) is 0 Å². The first-order valence-electron chi connectivity index (χ1n) is 34.9. The lowest BCUT2D eigenvalue weighted by atomic mass is 10.0. The van der Waals surface area contributed by atoms with Crippen LogP contribution in [-0.4, -0.2) is 37.2 Å². The third kappa shape index (κ3) is 65.7. The van der Waals surface area contributed by atoms with Gasteiger partial charge in [0.1, 0.15) is 13.2 Å². The molecule has 0 aromatic heterocycles. The standard InChI is InChI=1S/C74H132O6/c1-4-7-10-13-16-19-22-25-28-30-32-33-34-35-36-37-38-39-40-41-43-44-46-49-52-55-58-61-64-67-73(76)79-70-71(69-78-72(75)66-63-60-57-54-51-48-27-24-21-18-15-12-9-6-3)80-74(77)68-65-62-59-56-53-50-47-45-42-31-29-26-23-20-17-14-11-8-5-2/h7,10,16,19,25,28,32-33,35-36,38-39,71H,4-6,8-9,11-15,17-18,20-24,26-27,29-31,34,37,40-70H2,1-3H3/b10-7-,19-16-,28-25-,33-32-,36-35-,39-38-. The van der Waals surface area contributed by atoms with Gasteiger partial charge >= 0.3 is 17.9 Å². The largest absolute Gasteiger partial charge is 0.462 e. The molecule has 0 saturated carbocycles. The van der Waals surface area contributed by atoms with E-state index in [4.69, 9.17) is 14.2 Å². The summed E-state index contributed by atoms with van der Waals surface area (Å²) in [5.41, 5.74) is 0. The maximum Gasteiger partial charge on any atom is 0.306 e. The summed E-state index contributed by atoms with van der Waals surface area (Å²) in [6.45, 7) is 6.58. The van der Waals surface area contributed by atoms with Crippen LogP contribution in [-0.2, 0) is 28.6 Å². The molecular weight excluding hydrogens is 985 g/mol. The zero-order valence-electron chi connectivity index (χ0n) is 53.3. The van der Waals surface area contributed by atoms with Crippen LogP contribution >= 0.6 is 0 Å². The number of unbranched alkanes of at least 4 members (excludes halogenated alkanes) is 41. The van der Waals surface area contributed by atoms with Gasteiger partial charge in [-0.2, -0.15) is 0 Å². The highest BCUT2D eigenvalue weighted by molar-refractivity contribution is 5.71. The second-order valence-corrected chi connectivity index (χ2v) is 23.4. The van der Waals surface area contributed by atoms with E-state index in [1.807, 2.05) is 0 Å². The first-order valence-corrected chi connectivity index (χ1v) is 34.9. The molecule has 0 heterocycles. The molecule has 1 atom stereocenters. The summed E-state index contributed by atoms with van der Waals surface area (Å²) in [6.07, 6.45) is 89.2. The second-order valence-electron chi connectivity index (χ2n) is 23.4. The van der Waals surface area contributed by atoms with Crippen LogP contribution in [0.4, 0.5) is 0 Å². The molecule has 0 amide bonds. The molecule has 464 valence electrons. The van der Waals surface area contributed by atoms with Crippen LogP contribution in [0.5, 0.6) is 0 Å². The van der Waals surface area contributed by atoms with E-state index < -0.39 is 6.10 Å². The molecule has 0 aliphatic carbocycles. The lowest BCUT2D eigenvalue weighted by Crippen LogP contribution is -2.30. The van der Waals surface area contributed by atoms with Crippen molar-refractivity contribution in [3.05, 3.63) is 72.9 Å². The minimum atomic E-state index is -0.774. The Morgan fingerprint density at radius 1 is 0.263 bits per heavy atom. The van der Waals surface area contributed by atoms with Crippen LogP contribution in [0.2, 0.25) is 0 Å². The van der Waals surface area contributed by atoms with Crippen LogP contribution in [0, 0.1) is 0 Å². The van der Waals surface area contributed by atoms with Crippen LogP contribution in [0.25, 0.3) is 0 Å². The molecule has 1 unspecified atom stereocenters. The number of carbonyl (C=O) groups excluding carboxylic acids is 3. The van der Waals surface area contributed by atoms with Gasteiger partial charge in [-0.15, -0.1) is 0 Å². The molecule has 80 heavy (non-hydrogen) atoms. The van der Waals surface area contributed by atoms with E-state index in [1.54, 1.807) is 0 Å². The monoisotopic (exact) mass is 1120 g/mol. The molecule has 0 bridgehead atoms. The smallest absolute Gasteiger partial charge is 0.306 e. The summed E-state index contributed by atoms with van der Waals surface area (Å²) in [6, 6.07) is 0. The minimum Gasteiger partial charge on any atom is -0.462 e. The van der Waals surface area contributed by atoms with Crippen LogP contribution in [0.1, 0.15) is 361 Å². The average molecular weight is 1120 g/mol. The fourth-order valence-electron chi connectivity index (χ4n) is 10.3. The maximum atomic E-state index is 12.9. The SMILES string of the molecule is CC/C=C\C/C=C\C/C=C\C/C=C\C/C=C\C/C=C\CCCCCCCCCCCCC(=O)OCC(COC(=O)CCCCCCCCCCCCCCCC)OC(=O)CCCCCCCCCCCCCCCCCCCCC. The summed E-state index contributed by atoms with van der Waals surface area (Å²) in [7, 11) is 0. The Morgan fingerprint density at radius 2 is 0.487 bits per heavy atom. The van der Waals surface area contributed by atoms with Gasteiger partial charge in [0, 0.05) is 19.3 Å². The van der Waals surface area contributed by atoms with Gasteiger partial charge in [0.15, 0.2) is 6.10 Å². The fraction of sp³-hybridized carbons (Fsp3) is 0.797. The normalized spacial score (nSPS) is 12.5. The van der Waals surface area contributed by atoms with Crippen molar-refractivity contribution < 1.29 is 28.6 Å². The molecule has 0 aliphatic rings. The Hall–Kier alpha value is -3.15. The highest BCUT2D eigenvalue weighted by atomic mass is 16.6. The molecular formula is C74H132O6. The van der Waals surface area contributed by atoms with E-state index in [9.17, 15) is 14.4 Å². The summed E-state index contributed by atoms with van der Waals surface area (Å²) < 4.78 is 17.0. The molecule has 0 aliphatic heterocycles. The van der Waals surface area contributed by atoms with Gasteiger partial charge in [-0.05, 0) is 70.6 Å². The van der Waals surface area contributed by atoms with Gasteiger partial charge in [-0.3, -0.25) is 14.4 Å². The van der Waals surface area contributed by atoms with Gasteiger partial charge in [0.05, 0.1) is 0 Å². The molecule has 0 rings (SSSR count). The number of hydrogen-bond donors (Lipinski definition) is 0. The van der Waals surface area contributed by atoms with Gasteiger partial charge < -0.3 is 14.2 Å². The molecule has 0 N–H and O–H groups in total. The Labute approximate surface area is 497 Å². The van der Waals surface area contributed by atoms with E-state index in [0.29, 0.717) is 19.3 Å². The molecule has 0 saturated heterocycles. The van der Waals surface area contributed by atoms with Gasteiger partial charge in [0.2, 0.25) is 0 Å². The van der Waals surface area contributed by atoms with Crippen molar-refractivity contribution in [2.45, 2.75) is 367 Å². The Kier molecular flexibility index (Phi) is 65.7. The predicted octanol–water partition coefficient (Wildman–Crippen LogP) is 24.1. The van der Waals surface area contributed by atoms with E-state index >= 15 is 0 Å². The fourth-order valence-corrected chi connectivity index (χ4v) is 10.3. The number of hydrogen-bond acceptors (Lipinski definition) is 6. The van der Waals surface area contributed by atoms with Crippen LogP contribution in [0.3, 0.4) is 0 Å². The summed E-state index contributed by atoms with van der Waals surface area (Å²) in [5.74, 6) is -0.850. The summed E-state index contributed by atoms with van der Waals surface area (Å²) in [4.78, 5) is 38.4. The third-order valence-electron chi connectivity index (χ3n) is 15.5. The summed E-state index contributed by atoms with van der Waals surface area (Å²) >= 11 is 0. The second kappa shape index (κ2) is 68.3. The Balaban J connectivity index is 4.27. The van der Waals surface area contributed by atoms with E-state index in [2.05, 4.69) is 93.7 Å². The van der Waals surface area contributed by atoms with Crippen molar-refractivity contribution in [3.8, 4) is 0 Å². The lowest BCUT2D eigenvalue weighted by molar-refractivity contribution is -0.167. The summed E-state index contributed by atoms with van der Waals surface area (Å²) in [5, 5.41) is 0. The van der Waals surface area contributed by atoms with Gasteiger partial charge in [-0.25, -0.2) is 0 Å². The van der Waals surface area contributed by atoms with Gasteiger partial charge in [-0.1, -0.05) is 344 Å². The molecule has 0 radical (unpaired) electrons. The number of allylic oxidation sites excluding steroid dienone is 12. The number of ether oxygens (including phenoxy) is 3. The first-order chi connectivity index (χ1) is 39.5. The van der Waals surface area contributed by atoms with Crippen molar-refractivity contribution in [2.24, 2.45) is 0 Å². The molecule has 0 spiro atoms. The number of rotatable bonds is 64. The minimum absolute atomic E-state index is 0.0703. The van der Waals surface area contributed by atoms with Crippen LogP contribution in [0.15, 0.2) is 72.9 Å². The predicted molar refractivity (Wildman–Crippen MR) is 348 cm³/mol. The highest BCUT2D eigenvalue weighted by Crippen LogP contribution is 2.18. The van der Waals surface area contributed by atoms with Crippen LogP contribution < -0.4 is 0 Å². The van der Waals surface area contributed by atoms with E-state index in [-0.39, 0.29) is 31.1 Å². The highest BCUT2D eigenvalue weighted by Gasteiger charge is 2.19. The molecule has 0 aromatic carbocycles. The van der Waals surface area contributed by atoms with Gasteiger partial charge in [0.25, 0.3) is 0 Å². The zero-order chi connectivity index (χ0) is 57.8. The Morgan fingerprint density at radius 3 is 0.762 bits per heavy atom. The quantitative estimate of drug-likeness (QED) is 0.0261. The topological polar surface area (TPSA) is 78.9 Å². The first kappa shape index (κ1) is 76.9. The maximum absolute atomic E-state index is 12.9. The Bertz CT molecular complexity index is 1470. The lowest BCUT2D eigenvalue weighted by Gasteiger charge is -2.18. The molecule has 0 fully saturated rings. The molecule has 6 nitrogen and oxygen atoms in total. The molecule has 6 heteroatoms. The van der Waals surface area contributed by atoms with E-state index in [1.165, 1.54) is 225 Å². The van der Waals surface area contributed by atoms with Crippen molar-refractivity contribution in [3.63, 3.8) is 0 Å². The third-order valence-corrected chi connectivity index (χ3v) is 15.5. The van der Waals surface area contributed by atoms with Crippen molar-refractivity contribution in [1.82, 2.24) is 0 Å².